The van der Waals surface area contributed by atoms with E-state index >= 15 is 8.78 Å². The quantitative estimate of drug-likeness (QED) is 0.280. The fourth-order valence-corrected chi connectivity index (χ4v) is 7.29. The molecule has 2 aromatic carbocycles. The number of aliphatic carboxylic acids is 1. The van der Waals surface area contributed by atoms with Crippen molar-refractivity contribution in [2.75, 3.05) is 6.54 Å². The van der Waals surface area contributed by atoms with Gasteiger partial charge in [0, 0.05) is 40.8 Å². The first-order valence-electron chi connectivity index (χ1n) is 12.8. The molecule has 3 aromatic rings. The number of carboxylic acid groups (broad SMARTS) is 1. The van der Waals surface area contributed by atoms with Crippen molar-refractivity contribution in [2.24, 2.45) is 17.3 Å². The van der Waals surface area contributed by atoms with Gasteiger partial charge in [0.25, 0.3) is 0 Å². The molecule has 2 N–H and O–H groups in total. The molecule has 0 spiro atoms. The van der Waals surface area contributed by atoms with Gasteiger partial charge in [0.1, 0.15) is 11.6 Å². The lowest BCUT2D eigenvalue weighted by Gasteiger charge is -2.48. The maximum absolute atomic E-state index is 15.7. The standard InChI is InChI=1S/C29H27F5N2O2/c1-15-8-19-18-4-2-3-5-23(18)35-26(19)27(25-21(30)9-16(10-22(25)31)6-7-24(37)38)36(15)14-28-11-17(12-28)20(13-28)29(32,33)34/h2-7,9-10,15,17,20,27,35H,8,11-14H2,1H3,(H,37,38)/b7-6+/t15-,17?,20+,27-,28?/m1/s1. The van der Waals surface area contributed by atoms with Crippen LogP contribution >= 0.6 is 0 Å². The summed E-state index contributed by atoms with van der Waals surface area (Å²) in [5.41, 5.74) is 1.79. The third kappa shape index (κ3) is 4.02. The molecular formula is C29H27F5N2O2. The number of H-pyrrole nitrogens is 1. The Bertz CT molecular complexity index is 1430. The molecule has 38 heavy (non-hydrogen) atoms. The van der Waals surface area contributed by atoms with Gasteiger partial charge in [0.2, 0.25) is 0 Å². The number of aromatic amines is 1. The lowest BCUT2D eigenvalue weighted by atomic mass is 9.68. The molecule has 3 atom stereocenters. The average Bonchev–Trinajstić information content (AvgIpc) is 3.49. The van der Waals surface area contributed by atoms with E-state index in [9.17, 15) is 18.0 Å². The van der Waals surface area contributed by atoms with Crippen LogP contribution in [0.2, 0.25) is 0 Å². The summed E-state index contributed by atoms with van der Waals surface area (Å²) in [7, 11) is 0. The molecule has 9 heteroatoms. The van der Waals surface area contributed by atoms with Gasteiger partial charge in [-0.25, -0.2) is 13.6 Å². The molecule has 2 heterocycles. The second kappa shape index (κ2) is 8.66. The Labute approximate surface area is 216 Å². The highest BCUT2D eigenvalue weighted by molar-refractivity contribution is 5.86. The average molecular weight is 531 g/mol. The highest BCUT2D eigenvalue weighted by Crippen LogP contribution is 2.66. The first-order valence-corrected chi connectivity index (χ1v) is 12.8. The van der Waals surface area contributed by atoms with Crippen LogP contribution in [0.5, 0.6) is 0 Å². The molecule has 4 aliphatic rings. The third-order valence-corrected chi connectivity index (χ3v) is 8.86. The number of nitrogens with one attached hydrogen (secondary N) is 1. The summed E-state index contributed by atoms with van der Waals surface area (Å²) in [5, 5.41) is 9.85. The van der Waals surface area contributed by atoms with Crippen molar-refractivity contribution in [2.45, 2.75) is 50.9 Å². The lowest BCUT2D eigenvalue weighted by molar-refractivity contribution is -0.180. The van der Waals surface area contributed by atoms with Crippen molar-refractivity contribution < 1.29 is 31.9 Å². The number of benzene rings is 2. The summed E-state index contributed by atoms with van der Waals surface area (Å²) >= 11 is 0. The summed E-state index contributed by atoms with van der Waals surface area (Å²) in [5.74, 6) is -4.60. The normalized spacial score (nSPS) is 29.1. The zero-order valence-electron chi connectivity index (χ0n) is 20.7. The number of alkyl halides is 3. The number of carbonyl (C=O) groups is 1. The number of hydrogen-bond donors (Lipinski definition) is 2. The second-order valence-corrected chi connectivity index (χ2v) is 11.3. The highest BCUT2D eigenvalue weighted by Gasteiger charge is 2.64. The first-order chi connectivity index (χ1) is 18.0. The molecule has 1 aromatic heterocycles. The van der Waals surface area contributed by atoms with Gasteiger partial charge in [-0.2, -0.15) is 13.2 Å². The van der Waals surface area contributed by atoms with Crippen molar-refractivity contribution in [3.63, 3.8) is 0 Å². The Kier molecular flexibility index (Phi) is 5.72. The van der Waals surface area contributed by atoms with Crippen LogP contribution in [0.4, 0.5) is 22.0 Å². The predicted molar refractivity (Wildman–Crippen MR) is 132 cm³/mol. The Morgan fingerprint density at radius 3 is 2.47 bits per heavy atom. The topological polar surface area (TPSA) is 56.3 Å². The van der Waals surface area contributed by atoms with E-state index in [0.29, 0.717) is 31.5 Å². The van der Waals surface area contributed by atoms with Gasteiger partial charge in [-0.15, -0.1) is 0 Å². The molecule has 3 saturated carbocycles. The molecule has 2 bridgehead atoms. The maximum atomic E-state index is 15.7. The van der Waals surface area contributed by atoms with Crippen LogP contribution in [0.1, 0.15) is 54.6 Å². The smallest absolute Gasteiger partial charge is 0.392 e. The van der Waals surface area contributed by atoms with E-state index in [1.165, 1.54) is 0 Å². The van der Waals surface area contributed by atoms with Gasteiger partial charge >= 0.3 is 12.1 Å². The van der Waals surface area contributed by atoms with Gasteiger partial charge < -0.3 is 10.1 Å². The summed E-state index contributed by atoms with van der Waals surface area (Å²) in [6.45, 7) is 2.27. The number of halogens is 5. The molecule has 0 unspecified atom stereocenters. The van der Waals surface area contributed by atoms with Crippen LogP contribution in [0, 0.1) is 28.9 Å². The van der Waals surface area contributed by atoms with Gasteiger partial charge in [-0.05, 0) is 79.3 Å². The monoisotopic (exact) mass is 530 g/mol. The summed E-state index contributed by atoms with van der Waals surface area (Å²) in [4.78, 5) is 16.2. The summed E-state index contributed by atoms with van der Waals surface area (Å²) < 4.78 is 72.2. The van der Waals surface area contributed by atoms with Crippen molar-refractivity contribution >= 4 is 22.9 Å². The highest BCUT2D eigenvalue weighted by atomic mass is 19.4. The molecule has 7 rings (SSSR count). The third-order valence-electron chi connectivity index (χ3n) is 8.86. The van der Waals surface area contributed by atoms with Gasteiger partial charge in [-0.1, -0.05) is 18.2 Å². The van der Waals surface area contributed by atoms with Crippen LogP contribution in [0.3, 0.4) is 0 Å². The Hall–Kier alpha value is -3.20. The number of hydrogen-bond acceptors (Lipinski definition) is 2. The van der Waals surface area contributed by atoms with Crippen molar-refractivity contribution in [3.8, 4) is 0 Å². The fourth-order valence-electron chi connectivity index (χ4n) is 7.29. The second-order valence-electron chi connectivity index (χ2n) is 11.3. The number of nitrogens with zero attached hydrogens (tertiary/aromatic N) is 1. The fraction of sp³-hybridized carbons (Fsp3) is 0.414. The molecule has 1 aliphatic heterocycles. The van der Waals surface area contributed by atoms with Crippen LogP contribution in [-0.4, -0.2) is 39.7 Å². The van der Waals surface area contributed by atoms with E-state index in [-0.39, 0.29) is 29.5 Å². The van der Waals surface area contributed by atoms with Gasteiger partial charge in [0.05, 0.1) is 12.0 Å². The van der Waals surface area contributed by atoms with Crippen LogP contribution in [-0.2, 0) is 11.2 Å². The zero-order valence-corrected chi connectivity index (χ0v) is 20.7. The Balaban J connectivity index is 1.45. The lowest BCUT2D eigenvalue weighted by Crippen LogP contribution is -2.50. The maximum Gasteiger partial charge on any atom is 0.392 e. The summed E-state index contributed by atoms with van der Waals surface area (Å²) in [6.07, 6.45) is -0.731. The minimum Gasteiger partial charge on any atom is -0.478 e. The van der Waals surface area contributed by atoms with Crippen molar-refractivity contribution in [1.82, 2.24) is 9.88 Å². The Morgan fingerprint density at radius 2 is 1.84 bits per heavy atom. The van der Waals surface area contributed by atoms with Crippen LogP contribution in [0.25, 0.3) is 17.0 Å². The van der Waals surface area contributed by atoms with Crippen molar-refractivity contribution in [1.29, 1.82) is 0 Å². The summed E-state index contributed by atoms with van der Waals surface area (Å²) in [6, 6.07) is 8.79. The van der Waals surface area contributed by atoms with E-state index in [2.05, 4.69) is 4.98 Å². The van der Waals surface area contributed by atoms with Crippen molar-refractivity contribution in [3.05, 3.63) is 76.5 Å². The molecule has 0 amide bonds. The minimum absolute atomic E-state index is 0.0422. The largest absolute Gasteiger partial charge is 0.478 e. The first kappa shape index (κ1) is 25.1. The number of fused-ring (bicyclic) bond motifs is 4. The molecule has 0 radical (unpaired) electrons. The molecule has 0 saturated heterocycles. The Morgan fingerprint density at radius 1 is 1.16 bits per heavy atom. The number of aromatic nitrogens is 1. The minimum atomic E-state index is -4.24. The van der Waals surface area contributed by atoms with E-state index in [1.54, 1.807) is 0 Å². The molecule has 4 nitrogen and oxygen atoms in total. The molecule has 3 fully saturated rings. The number of carboxylic acids is 1. The SMILES string of the molecule is C[C@@H]1Cc2c([nH]c3ccccc23)[C@@H](c2c(F)cc(/C=C/C(=O)O)cc2F)N1CC12CC(C1)[C@@H](C(F)(F)F)C2. The predicted octanol–water partition coefficient (Wildman–Crippen LogP) is 6.86. The van der Waals surface area contributed by atoms with E-state index in [4.69, 9.17) is 5.11 Å². The number of rotatable bonds is 5. The zero-order chi connectivity index (χ0) is 27.0. The molecule has 3 aliphatic carbocycles. The van der Waals surface area contributed by atoms with Crippen LogP contribution in [0.15, 0.2) is 42.5 Å². The number of para-hydroxylation sites is 1. The van der Waals surface area contributed by atoms with Gasteiger partial charge in [0.15, 0.2) is 0 Å². The van der Waals surface area contributed by atoms with E-state index < -0.39 is 41.2 Å². The molecular weight excluding hydrogens is 503 g/mol. The van der Waals surface area contributed by atoms with Crippen LogP contribution < -0.4 is 0 Å². The van der Waals surface area contributed by atoms with E-state index in [0.717, 1.165) is 40.8 Å². The molecule has 200 valence electrons. The van der Waals surface area contributed by atoms with E-state index in [1.807, 2.05) is 36.1 Å². The van der Waals surface area contributed by atoms with Gasteiger partial charge in [-0.3, -0.25) is 4.90 Å².